The van der Waals surface area contributed by atoms with E-state index >= 15 is 0 Å². The molecule has 3 rings (SSSR count). The van der Waals surface area contributed by atoms with E-state index in [0.717, 1.165) is 22.8 Å². The smallest absolute Gasteiger partial charge is 0.222 e. The van der Waals surface area contributed by atoms with Gasteiger partial charge in [0.25, 0.3) is 0 Å². The molecule has 1 aliphatic rings. The van der Waals surface area contributed by atoms with Gasteiger partial charge in [-0.05, 0) is 11.8 Å². The Morgan fingerprint density at radius 2 is 2.11 bits per heavy atom. The van der Waals surface area contributed by atoms with E-state index in [4.69, 9.17) is 5.73 Å². The van der Waals surface area contributed by atoms with E-state index in [2.05, 4.69) is 11.1 Å². The van der Waals surface area contributed by atoms with E-state index in [0.29, 0.717) is 6.42 Å². The van der Waals surface area contributed by atoms with Gasteiger partial charge in [0.05, 0.1) is 6.04 Å². The maximum atomic E-state index is 11.9. The van der Waals surface area contributed by atoms with Gasteiger partial charge in [0.15, 0.2) is 0 Å². The molecule has 1 aromatic heterocycles. The Balaban J connectivity index is 2.15. The largest absolute Gasteiger partial charge is 0.337 e. The summed E-state index contributed by atoms with van der Waals surface area (Å²) < 4.78 is 0. The van der Waals surface area contributed by atoms with Gasteiger partial charge in [-0.2, -0.15) is 0 Å². The number of amides is 1. The van der Waals surface area contributed by atoms with Crippen LogP contribution in [0.1, 0.15) is 24.4 Å². The first-order valence-electron chi connectivity index (χ1n) is 6.52. The average molecular weight is 255 g/mol. The van der Waals surface area contributed by atoms with Crippen molar-refractivity contribution in [2.45, 2.75) is 24.9 Å². The van der Waals surface area contributed by atoms with Crippen molar-refractivity contribution in [3.63, 3.8) is 0 Å². The lowest BCUT2D eigenvalue weighted by Gasteiger charge is -2.37. The molecule has 2 heterocycles. The molecule has 4 nitrogen and oxygen atoms in total. The summed E-state index contributed by atoms with van der Waals surface area (Å²) in [5.41, 5.74) is 7.28. The molecule has 1 saturated heterocycles. The number of piperidine rings is 1. The standard InChI is InChI=1S/C15H17N3O/c1-18-14(19)7-6-13(16)15(18)12-9-17-8-10-4-2-3-5-11(10)12/h2-5,8-9,13,15H,6-7,16H2,1H3. The van der Waals surface area contributed by atoms with Crippen molar-refractivity contribution in [1.82, 2.24) is 9.88 Å². The Hall–Kier alpha value is -1.94. The van der Waals surface area contributed by atoms with Crippen LogP contribution in [-0.2, 0) is 4.79 Å². The number of fused-ring (bicyclic) bond motifs is 1. The third kappa shape index (κ3) is 1.98. The first-order chi connectivity index (χ1) is 9.18. The fourth-order valence-corrected chi connectivity index (χ4v) is 2.88. The van der Waals surface area contributed by atoms with Gasteiger partial charge < -0.3 is 10.6 Å². The number of carbonyl (C=O) groups is 1. The van der Waals surface area contributed by atoms with E-state index in [1.165, 1.54) is 0 Å². The van der Waals surface area contributed by atoms with E-state index < -0.39 is 0 Å². The summed E-state index contributed by atoms with van der Waals surface area (Å²) in [7, 11) is 1.83. The third-order valence-corrected chi connectivity index (χ3v) is 3.93. The molecule has 2 unspecified atom stereocenters. The van der Waals surface area contributed by atoms with Crippen LogP contribution in [-0.4, -0.2) is 28.9 Å². The van der Waals surface area contributed by atoms with Crippen LogP contribution < -0.4 is 5.73 Å². The molecular formula is C15H17N3O. The number of hydrogen-bond acceptors (Lipinski definition) is 3. The lowest BCUT2D eigenvalue weighted by Crippen LogP contribution is -2.46. The quantitative estimate of drug-likeness (QED) is 0.846. The van der Waals surface area contributed by atoms with Gasteiger partial charge in [0.2, 0.25) is 5.91 Å². The van der Waals surface area contributed by atoms with Crippen molar-refractivity contribution in [1.29, 1.82) is 0 Å². The van der Waals surface area contributed by atoms with Crippen LogP contribution in [0.5, 0.6) is 0 Å². The SMILES string of the molecule is CN1C(=O)CCC(N)C1c1cncc2ccccc12. The van der Waals surface area contributed by atoms with Gasteiger partial charge in [-0.3, -0.25) is 9.78 Å². The van der Waals surface area contributed by atoms with Gasteiger partial charge in [0.1, 0.15) is 0 Å². The Kier molecular flexibility index (Phi) is 2.95. The second-order valence-electron chi connectivity index (χ2n) is 5.10. The molecule has 19 heavy (non-hydrogen) atoms. The molecule has 98 valence electrons. The first-order valence-corrected chi connectivity index (χ1v) is 6.52. The van der Waals surface area contributed by atoms with Gasteiger partial charge >= 0.3 is 0 Å². The summed E-state index contributed by atoms with van der Waals surface area (Å²) in [4.78, 5) is 18.0. The number of rotatable bonds is 1. The van der Waals surface area contributed by atoms with Crippen molar-refractivity contribution >= 4 is 16.7 Å². The minimum atomic E-state index is -0.0835. The zero-order valence-corrected chi connectivity index (χ0v) is 10.9. The molecular weight excluding hydrogens is 238 g/mol. The van der Waals surface area contributed by atoms with E-state index in [1.54, 1.807) is 4.90 Å². The highest BCUT2D eigenvalue weighted by molar-refractivity contribution is 5.86. The first kappa shape index (κ1) is 12.1. The third-order valence-electron chi connectivity index (χ3n) is 3.93. The highest BCUT2D eigenvalue weighted by atomic mass is 16.2. The number of nitrogens with two attached hydrogens (primary N) is 1. The zero-order valence-electron chi connectivity index (χ0n) is 10.9. The molecule has 0 bridgehead atoms. The lowest BCUT2D eigenvalue weighted by molar-refractivity contribution is -0.135. The number of likely N-dealkylation sites (N-methyl/N-ethyl adjacent to an activating group) is 1. The minimum Gasteiger partial charge on any atom is -0.337 e. The van der Waals surface area contributed by atoms with Crippen molar-refractivity contribution < 1.29 is 4.79 Å². The molecule has 4 heteroatoms. The highest BCUT2D eigenvalue weighted by Gasteiger charge is 2.33. The molecule has 2 N–H and O–H groups in total. The average Bonchev–Trinajstić information content (AvgIpc) is 2.44. The van der Waals surface area contributed by atoms with Crippen LogP contribution in [0.2, 0.25) is 0 Å². The summed E-state index contributed by atoms with van der Waals surface area (Å²) in [6, 6.07) is 7.97. The number of hydrogen-bond donors (Lipinski definition) is 1. The van der Waals surface area contributed by atoms with Crippen LogP contribution >= 0.6 is 0 Å². The van der Waals surface area contributed by atoms with Crippen LogP contribution in [0.3, 0.4) is 0 Å². The Labute approximate surface area is 112 Å². The Morgan fingerprint density at radius 3 is 2.95 bits per heavy atom. The van der Waals surface area contributed by atoms with Crippen LogP contribution in [0.15, 0.2) is 36.7 Å². The molecule has 1 aliphatic heterocycles. The molecule has 0 saturated carbocycles. The van der Waals surface area contributed by atoms with Crippen molar-refractivity contribution in [2.24, 2.45) is 5.73 Å². The molecule has 1 amide bonds. The number of likely N-dealkylation sites (tertiary alicyclic amines) is 1. The number of pyridine rings is 1. The highest BCUT2D eigenvalue weighted by Crippen LogP contribution is 2.33. The van der Waals surface area contributed by atoms with Crippen LogP contribution in [0.4, 0.5) is 0 Å². The van der Waals surface area contributed by atoms with E-state index in [-0.39, 0.29) is 18.0 Å². The summed E-state index contributed by atoms with van der Waals surface area (Å²) in [6.07, 6.45) is 4.94. The second kappa shape index (κ2) is 4.63. The summed E-state index contributed by atoms with van der Waals surface area (Å²) in [5, 5.41) is 2.21. The maximum absolute atomic E-state index is 11.9. The van der Waals surface area contributed by atoms with Gasteiger partial charge in [0, 0.05) is 42.9 Å². The summed E-state index contributed by atoms with van der Waals surface area (Å²) >= 11 is 0. The summed E-state index contributed by atoms with van der Waals surface area (Å²) in [6.45, 7) is 0. The summed E-state index contributed by atoms with van der Waals surface area (Å²) in [5.74, 6) is 0.152. The van der Waals surface area contributed by atoms with Crippen LogP contribution in [0.25, 0.3) is 10.8 Å². The molecule has 0 aliphatic carbocycles. The van der Waals surface area contributed by atoms with Crippen LogP contribution in [0, 0.1) is 0 Å². The molecule has 2 atom stereocenters. The number of nitrogens with zero attached hydrogens (tertiary/aromatic N) is 2. The second-order valence-corrected chi connectivity index (χ2v) is 5.10. The maximum Gasteiger partial charge on any atom is 0.222 e. The van der Waals surface area contributed by atoms with Crippen molar-refractivity contribution in [3.05, 3.63) is 42.2 Å². The van der Waals surface area contributed by atoms with Crippen molar-refractivity contribution in [2.75, 3.05) is 7.05 Å². The fourth-order valence-electron chi connectivity index (χ4n) is 2.88. The Bertz CT molecular complexity index is 620. The molecule has 1 fully saturated rings. The predicted molar refractivity (Wildman–Crippen MR) is 74.5 cm³/mol. The zero-order chi connectivity index (χ0) is 13.4. The Morgan fingerprint density at radius 1 is 1.32 bits per heavy atom. The van der Waals surface area contributed by atoms with Gasteiger partial charge in [-0.25, -0.2) is 0 Å². The predicted octanol–water partition coefficient (Wildman–Crippen LogP) is 1.86. The fraction of sp³-hybridized carbons (Fsp3) is 0.333. The number of carbonyl (C=O) groups excluding carboxylic acids is 1. The van der Waals surface area contributed by atoms with Gasteiger partial charge in [-0.1, -0.05) is 24.3 Å². The topological polar surface area (TPSA) is 59.2 Å². The molecule has 0 spiro atoms. The van der Waals surface area contributed by atoms with Crippen molar-refractivity contribution in [3.8, 4) is 0 Å². The monoisotopic (exact) mass is 255 g/mol. The van der Waals surface area contributed by atoms with Gasteiger partial charge in [-0.15, -0.1) is 0 Å². The molecule has 0 radical (unpaired) electrons. The number of benzene rings is 1. The minimum absolute atomic E-state index is 0.0321. The van der Waals surface area contributed by atoms with E-state index in [1.807, 2.05) is 37.6 Å². The normalized spacial score (nSPS) is 23.9. The molecule has 2 aromatic rings. The lowest BCUT2D eigenvalue weighted by atomic mass is 9.89. The van der Waals surface area contributed by atoms with E-state index in [9.17, 15) is 4.79 Å². The molecule has 1 aromatic carbocycles. The number of aromatic nitrogens is 1.